The zero-order valence-electron chi connectivity index (χ0n) is 13.8. The molecule has 2 aliphatic heterocycles. The van der Waals surface area contributed by atoms with Gasteiger partial charge in [0.05, 0.1) is 17.1 Å². The number of nitrogens with zero attached hydrogens (tertiary/aromatic N) is 1. The van der Waals surface area contributed by atoms with Crippen LogP contribution in [0.2, 0.25) is 0 Å². The van der Waals surface area contributed by atoms with Gasteiger partial charge in [-0.05, 0) is 44.6 Å². The van der Waals surface area contributed by atoms with Gasteiger partial charge in [-0.2, -0.15) is 0 Å². The van der Waals surface area contributed by atoms with Gasteiger partial charge in [-0.15, -0.1) is 0 Å². The normalized spacial score (nSPS) is 27.9. The largest absolute Gasteiger partial charge is 0.390 e. The Bertz CT molecular complexity index is 635. The van der Waals surface area contributed by atoms with Gasteiger partial charge in [-0.1, -0.05) is 18.2 Å². The monoisotopic (exact) mass is 333 g/mol. The fraction of sp³-hybridized carbons (Fsp3) is 0.632. The molecule has 3 fully saturated rings. The number of amides is 1. The number of aliphatic hydroxyl groups is 1. The smallest absolute Gasteiger partial charge is 0.233 e. The molecule has 0 radical (unpaired) electrons. The summed E-state index contributed by atoms with van der Waals surface area (Å²) in [6.07, 6.45) is 3.97. The molecule has 2 heterocycles. The molecular formula is C19H24FNO3. The zero-order chi connectivity index (χ0) is 16.8. The van der Waals surface area contributed by atoms with E-state index in [1.165, 1.54) is 6.07 Å². The predicted molar refractivity (Wildman–Crippen MR) is 87.0 cm³/mol. The van der Waals surface area contributed by atoms with E-state index in [1.807, 2.05) is 4.90 Å². The summed E-state index contributed by atoms with van der Waals surface area (Å²) >= 11 is 0. The molecule has 1 aromatic rings. The van der Waals surface area contributed by atoms with Crippen molar-refractivity contribution >= 4 is 5.91 Å². The summed E-state index contributed by atoms with van der Waals surface area (Å²) in [6, 6.07) is 6.62. The number of rotatable bonds is 2. The fourth-order valence-corrected chi connectivity index (χ4v) is 4.35. The maximum Gasteiger partial charge on any atom is 0.233 e. The molecule has 130 valence electrons. The standard InChI is InChI=1S/C19H24FNO3/c20-15-5-2-1-4-14(15)18(7-8-18)17(23)21-11-9-19(10-12-21)16(22)6-3-13-24-19/h1-2,4-5,16,22H,3,6-13H2. The van der Waals surface area contributed by atoms with Crippen molar-refractivity contribution in [2.75, 3.05) is 19.7 Å². The first-order valence-corrected chi connectivity index (χ1v) is 8.94. The van der Waals surface area contributed by atoms with Crippen molar-refractivity contribution in [1.29, 1.82) is 0 Å². The van der Waals surface area contributed by atoms with Crippen molar-refractivity contribution < 1.29 is 19.0 Å². The highest BCUT2D eigenvalue weighted by Gasteiger charge is 2.55. The topological polar surface area (TPSA) is 49.8 Å². The second-order valence-electron chi connectivity index (χ2n) is 7.43. The van der Waals surface area contributed by atoms with Crippen LogP contribution in [0.4, 0.5) is 4.39 Å². The summed E-state index contributed by atoms with van der Waals surface area (Å²) in [7, 11) is 0. The van der Waals surface area contributed by atoms with Crippen LogP contribution in [0.15, 0.2) is 24.3 Å². The van der Waals surface area contributed by atoms with E-state index in [1.54, 1.807) is 18.2 Å². The number of piperidine rings is 1. The molecule has 1 atom stereocenters. The molecule has 1 amide bonds. The summed E-state index contributed by atoms with van der Waals surface area (Å²) < 4.78 is 20.1. The first-order chi connectivity index (χ1) is 11.6. The second-order valence-corrected chi connectivity index (χ2v) is 7.43. The van der Waals surface area contributed by atoms with Crippen LogP contribution in [-0.2, 0) is 14.9 Å². The highest BCUT2D eigenvalue weighted by Crippen LogP contribution is 2.51. The molecule has 1 aliphatic carbocycles. The quantitative estimate of drug-likeness (QED) is 0.904. The van der Waals surface area contributed by atoms with E-state index in [4.69, 9.17) is 4.74 Å². The third-order valence-electron chi connectivity index (χ3n) is 6.06. The van der Waals surface area contributed by atoms with Gasteiger partial charge < -0.3 is 14.7 Å². The number of aliphatic hydroxyl groups excluding tert-OH is 1. The van der Waals surface area contributed by atoms with E-state index < -0.39 is 17.1 Å². The van der Waals surface area contributed by atoms with Gasteiger partial charge in [0.2, 0.25) is 5.91 Å². The Kier molecular flexibility index (Phi) is 3.88. The average Bonchev–Trinajstić information content (AvgIpc) is 3.40. The Morgan fingerprint density at radius 1 is 1.21 bits per heavy atom. The molecule has 4 nitrogen and oxygen atoms in total. The average molecular weight is 333 g/mol. The molecule has 4 rings (SSSR count). The van der Waals surface area contributed by atoms with Gasteiger partial charge in [0.1, 0.15) is 5.82 Å². The van der Waals surface area contributed by atoms with Gasteiger partial charge in [0.25, 0.3) is 0 Å². The third kappa shape index (κ3) is 2.45. The van der Waals surface area contributed by atoms with Gasteiger partial charge in [0, 0.05) is 25.3 Å². The molecule has 0 bridgehead atoms. The van der Waals surface area contributed by atoms with Crippen molar-refractivity contribution in [2.24, 2.45) is 0 Å². The Balaban J connectivity index is 1.48. The number of halogens is 1. The highest BCUT2D eigenvalue weighted by molar-refractivity contribution is 5.91. The Morgan fingerprint density at radius 3 is 2.54 bits per heavy atom. The Labute approximate surface area is 141 Å². The van der Waals surface area contributed by atoms with Gasteiger partial charge in [0.15, 0.2) is 0 Å². The third-order valence-corrected chi connectivity index (χ3v) is 6.06. The van der Waals surface area contributed by atoms with Crippen LogP contribution in [0.25, 0.3) is 0 Å². The molecule has 1 unspecified atom stereocenters. The Morgan fingerprint density at radius 2 is 1.92 bits per heavy atom. The molecule has 3 aliphatic rings. The van der Waals surface area contributed by atoms with Gasteiger partial charge in [-0.25, -0.2) is 4.39 Å². The van der Waals surface area contributed by atoms with Crippen molar-refractivity contribution in [3.05, 3.63) is 35.6 Å². The molecule has 1 aromatic carbocycles. The molecule has 1 spiro atoms. The second kappa shape index (κ2) is 5.81. The summed E-state index contributed by atoms with van der Waals surface area (Å²) in [5.74, 6) is -0.254. The van der Waals surface area contributed by atoms with E-state index in [0.717, 1.165) is 12.8 Å². The predicted octanol–water partition coefficient (Wildman–Crippen LogP) is 2.39. The van der Waals surface area contributed by atoms with E-state index in [9.17, 15) is 14.3 Å². The SMILES string of the molecule is O=C(N1CCC2(CC1)OCCCC2O)C1(c2ccccc2F)CC1. The number of benzene rings is 1. The van der Waals surface area contributed by atoms with Crippen molar-refractivity contribution in [2.45, 2.75) is 55.6 Å². The maximum atomic E-state index is 14.2. The zero-order valence-corrected chi connectivity index (χ0v) is 13.8. The van der Waals surface area contributed by atoms with Crippen molar-refractivity contribution in [3.63, 3.8) is 0 Å². The number of hydrogen-bond acceptors (Lipinski definition) is 3. The lowest BCUT2D eigenvalue weighted by Gasteiger charge is -2.47. The van der Waals surface area contributed by atoms with Crippen LogP contribution >= 0.6 is 0 Å². The number of ether oxygens (including phenoxy) is 1. The molecule has 1 N–H and O–H groups in total. The van der Waals surface area contributed by atoms with Crippen molar-refractivity contribution in [1.82, 2.24) is 4.90 Å². The number of carbonyl (C=O) groups excluding carboxylic acids is 1. The van der Waals surface area contributed by atoms with Crippen LogP contribution < -0.4 is 0 Å². The van der Waals surface area contributed by atoms with Crippen LogP contribution in [0, 0.1) is 5.82 Å². The van der Waals surface area contributed by atoms with E-state index in [-0.39, 0.29) is 11.7 Å². The van der Waals surface area contributed by atoms with Gasteiger partial charge >= 0.3 is 0 Å². The van der Waals surface area contributed by atoms with Crippen LogP contribution in [0.5, 0.6) is 0 Å². The van der Waals surface area contributed by atoms with E-state index >= 15 is 0 Å². The number of likely N-dealkylation sites (tertiary alicyclic amines) is 1. The van der Waals surface area contributed by atoms with Crippen LogP contribution in [-0.4, -0.2) is 47.3 Å². The minimum atomic E-state index is -0.665. The first kappa shape index (κ1) is 16.0. The molecule has 1 saturated carbocycles. The molecule has 5 heteroatoms. The molecular weight excluding hydrogens is 309 g/mol. The summed E-state index contributed by atoms with van der Waals surface area (Å²) in [5.41, 5.74) is -0.615. The van der Waals surface area contributed by atoms with E-state index in [0.29, 0.717) is 50.9 Å². The van der Waals surface area contributed by atoms with Gasteiger partial charge in [-0.3, -0.25) is 4.79 Å². The lowest BCUT2D eigenvalue weighted by Crippen LogP contribution is -2.57. The minimum Gasteiger partial charge on any atom is -0.390 e. The highest BCUT2D eigenvalue weighted by atomic mass is 19.1. The molecule has 24 heavy (non-hydrogen) atoms. The summed E-state index contributed by atoms with van der Waals surface area (Å²) in [5, 5.41) is 10.3. The maximum absolute atomic E-state index is 14.2. The molecule has 0 aromatic heterocycles. The van der Waals surface area contributed by atoms with Crippen LogP contribution in [0.1, 0.15) is 44.1 Å². The summed E-state index contributed by atoms with van der Waals surface area (Å²) in [4.78, 5) is 14.9. The minimum absolute atomic E-state index is 0.0350. The lowest BCUT2D eigenvalue weighted by atomic mass is 9.81. The summed E-state index contributed by atoms with van der Waals surface area (Å²) in [6.45, 7) is 1.84. The van der Waals surface area contributed by atoms with Crippen molar-refractivity contribution in [3.8, 4) is 0 Å². The lowest BCUT2D eigenvalue weighted by molar-refractivity contribution is -0.180. The van der Waals surface area contributed by atoms with Crippen LogP contribution in [0.3, 0.4) is 0 Å². The first-order valence-electron chi connectivity index (χ1n) is 8.94. The number of hydrogen-bond donors (Lipinski definition) is 1. The molecule has 2 saturated heterocycles. The number of carbonyl (C=O) groups is 1. The van der Waals surface area contributed by atoms with E-state index in [2.05, 4.69) is 0 Å². The Hall–Kier alpha value is -1.46. The fourth-order valence-electron chi connectivity index (χ4n) is 4.35.